The quantitative estimate of drug-likeness (QED) is 0.345. The van der Waals surface area contributed by atoms with Crippen molar-refractivity contribution >= 4 is 5.97 Å². The summed E-state index contributed by atoms with van der Waals surface area (Å²) in [5.41, 5.74) is 1.49. The highest BCUT2D eigenvalue weighted by molar-refractivity contribution is 5.93. The normalized spacial score (nSPS) is 10.6. The second kappa shape index (κ2) is 12.6. The highest BCUT2D eigenvalue weighted by Crippen LogP contribution is 2.31. The molecule has 0 amide bonds. The maximum absolute atomic E-state index is 11.9. The number of hydrogen-bond acceptors (Lipinski definition) is 4. The molecule has 1 rings (SSSR count). The predicted octanol–water partition coefficient (Wildman–Crippen LogP) is 5.56. The van der Waals surface area contributed by atoms with Gasteiger partial charge in [-0.2, -0.15) is 0 Å². The summed E-state index contributed by atoms with van der Waals surface area (Å²) >= 11 is 0. The van der Waals surface area contributed by atoms with Crippen LogP contribution >= 0.6 is 0 Å². The lowest BCUT2D eigenvalue weighted by Gasteiger charge is -2.14. The van der Waals surface area contributed by atoms with Crippen molar-refractivity contribution in [3.05, 3.63) is 23.3 Å². The van der Waals surface area contributed by atoms with Gasteiger partial charge in [0.1, 0.15) is 17.1 Å². The van der Waals surface area contributed by atoms with E-state index >= 15 is 0 Å². The fourth-order valence-corrected chi connectivity index (χ4v) is 3.06. The maximum atomic E-state index is 11.9. The lowest BCUT2D eigenvalue weighted by atomic mass is 10.0. The molecule has 4 heteroatoms. The highest BCUT2D eigenvalue weighted by Gasteiger charge is 2.17. The zero-order valence-electron chi connectivity index (χ0n) is 16.4. The van der Waals surface area contributed by atoms with E-state index in [1.165, 1.54) is 58.5 Å². The van der Waals surface area contributed by atoms with Crippen LogP contribution < -0.4 is 9.47 Å². The fourth-order valence-electron chi connectivity index (χ4n) is 3.06. The van der Waals surface area contributed by atoms with Crippen molar-refractivity contribution in [3.63, 3.8) is 0 Å². The van der Waals surface area contributed by atoms with Gasteiger partial charge in [-0.15, -0.1) is 0 Å². The van der Waals surface area contributed by atoms with Crippen molar-refractivity contribution in [1.82, 2.24) is 0 Å². The minimum Gasteiger partial charge on any atom is -0.496 e. The molecule has 0 radical (unpaired) electrons. The predicted molar refractivity (Wildman–Crippen MR) is 102 cm³/mol. The van der Waals surface area contributed by atoms with Crippen molar-refractivity contribution in [2.75, 3.05) is 21.3 Å². The largest absolute Gasteiger partial charge is 0.496 e. The Labute approximate surface area is 152 Å². The summed E-state index contributed by atoms with van der Waals surface area (Å²) in [6.45, 7) is 2.25. The third kappa shape index (κ3) is 7.37. The number of carbonyl (C=O) groups is 1. The minimum atomic E-state index is -0.382. The first-order valence-corrected chi connectivity index (χ1v) is 9.51. The van der Waals surface area contributed by atoms with E-state index in [0.717, 1.165) is 24.2 Å². The van der Waals surface area contributed by atoms with E-state index < -0.39 is 0 Å². The van der Waals surface area contributed by atoms with E-state index in [1.807, 2.05) is 6.07 Å². The molecule has 4 nitrogen and oxygen atoms in total. The Morgan fingerprint density at radius 2 is 1.36 bits per heavy atom. The van der Waals surface area contributed by atoms with E-state index in [0.29, 0.717) is 11.3 Å². The molecular weight excluding hydrogens is 316 g/mol. The van der Waals surface area contributed by atoms with Crippen molar-refractivity contribution in [3.8, 4) is 11.5 Å². The smallest absolute Gasteiger partial charge is 0.341 e. The molecule has 0 bridgehead atoms. The zero-order chi connectivity index (χ0) is 18.5. The summed E-state index contributed by atoms with van der Waals surface area (Å²) in [5, 5.41) is 0. The van der Waals surface area contributed by atoms with Crippen LogP contribution in [0.1, 0.15) is 80.6 Å². The summed E-state index contributed by atoms with van der Waals surface area (Å²) in [6, 6.07) is 3.61. The summed E-state index contributed by atoms with van der Waals surface area (Å²) in [4.78, 5) is 11.9. The lowest BCUT2D eigenvalue weighted by molar-refractivity contribution is 0.0597. The number of esters is 1. The van der Waals surface area contributed by atoms with Crippen molar-refractivity contribution < 1.29 is 19.0 Å². The Morgan fingerprint density at radius 1 is 0.800 bits per heavy atom. The van der Waals surface area contributed by atoms with Crippen LogP contribution in [0.4, 0.5) is 0 Å². The van der Waals surface area contributed by atoms with Crippen LogP contribution in [0.15, 0.2) is 12.1 Å². The number of methoxy groups -OCH3 is 3. The van der Waals surface area contributed by atoms with Gasteiger partial charge in [-0.1, -0.05) is 58.3 Å². The van der Waals surface area contributed by atoms with Gasteiger partial charge in [-0.25, -0.2) is 4.79 Å². The zero-order valence-corrected chi connectivity index (χ0v) is 16.4. The van der Waals surface area contributed by atoms with Gasteiger partial charge in [0, 0.05) is 6.07 Å². The van der Waals surface area contributed by atoms with Crippen LogP contribution in [0.2, 0.25) is 0 Å². The molecule has 0 saturated heterocycles. The van der Waals surface area contributed by atoms with Crippen LogP contribution in [0.5, 0.6) is 11.5 Å². The number of unbranched alkanes of at least 4 members (excludes halogenated alkanes) is 8. The molecule has 25 heavy (non-hydrogen) atoms. The van der Waals surface area contributed by atoms with E-state index in [4.69, 9.17) is 14.2 Å². The molecule has 0 saturated carbocycles. The molecule has 0 atom stereocenters. The Morgan fingerprint density at radius 3 is 1.88 bits per heavy atom. The van der Waals surface area contributed by atoms with Gasteiger partial charge < -0.3 is 14.2 Å². The molecule has 1 aromatic carbocycles. The first-order valence-electron chi connectivity index (χ1n) is 9.51. The summed E-state index contributed by atoms with van der Waals surface area (Å²) in [6.07, 6.45) is 12.5. The second-order valence-corrected chi connectivity index (χ2v) is 6.43. The average molecular weight is 350 g/mol. The third-order valence-electron chi connectivity index (χ3n) is 4.56. The number of benzene rings is 1. The monoisotopic (exact) mass is 350 g/mol. The van der Waals surface area contributed by atoms with Crippen LogP contribution in [-0.4, -0.2) is 27.3 Å². The molecule has 0 aliphatic heterocycles. The van der Waals surface area contributed by atoms with E-state index in [9.17, 15) is 4.79 Å². The lowest BCUT2D eigenvalue weighted by Crippen LogP contribution is -2.06. The van der Waals surface area contributed by atoms with Crippen LogP contribution in [-0.2, 0) is 11.2 Å². The molecule has 0 unspecified atom stereocenters. The molecule has 0 aliphatic carbocycles. The van der Waals surface area contributed by atoms with Gasteiger partial charge in [0.15, 0.2) is 0 Å². The molecule has 142 valence electrons. The van der Waals surface area contributed by atoms with E-state index in [1.54, 1.807) is 20.3 Å². The first-order chi connectivity index (χ1) is 12.2. The fraction of sp³-hybridized carbons (Fsp3) is 0.667. The van der Waals surface area contributed by atoms with Gasteiger partial charge in [-0.3, -0.25) is 0 Å². The Bertz CT molecular complexity index is 511. The summed E-state index contributed by atoms with van der Waals surface area (Å²) in [5.74, 6) is 0.872. The third-order valence-corrected chi connectivity index (χ3v) is 4.56. The van der Waals surface area contributed by atoms with E-state index in [-0.39, 0.29) is 5.97 Å². The van der Waals surface area contributed by atoms with Crippen molar-refractivity contribution in [2.24, 2.45) is 0 Å². The maximum Gasteiger partial charge on any atom is 0.341 e. The molecule has 0 heterocycles. The van der Waals surface area contributed by atoms with Gasteiger partial charge in [-0.05, 0) is 24.5 Å². The topological polar surface area (TPSA) is 44.8 Å². The standard InChI is InChI=1S/C21H34O4/c1-5-6-7-8-9-10-11-12-13-14-17-15-18(21(22)25-4)20(24-3)16-19(17)23-2/h15-16H,5-14H2,1-4H3. The molecule has 0 fully saturated rings. The molecule has 0 aromatic heterocycles. The van der Waals surface area contributed by atoms with E-state index in [2.05, 4.69) is 6.92 Å². The molecule has 1 aromatic rings. The molecule has 0 spiro atoms. The van der Waals surface area contributed by atoms with Gasteiger partial charge in [0.25, 0.3) is 0 Å². The average Bonchev–Trinajstić information content (AvgIpc) is 2.65. The number of ether oxygens (including phenoxy) is 3. The first kappa shape index (κ1) is 21.3. The van der Waals surface area contributed by atoms with Gasteiger partial charge in [0.2, 0.25) is 0 Å². The number of carbonyl (C=O) groups excluding carboxylic acids is 1. The minimum absolute atomic E-state index is 0.382. The van der Waals surface area contributed by atoms with Crippen LogP contribution in [0.3, 0.4) is 0 Å². The number of aryl methyl sites for hydroxylation is 1. The Hall–Kier alpha value is -1.71. The number of rotatable bonds is 13. The Balaban J connectivity index is 2.50. The molecule has 0 N–H and O–H groups in total. The van der Waals surface area contributed by atoms with Crippen molar-refractivity contribution in [2.45, 2.75) is 71.1 Å². The number of hydrogen-bond donors (Lipinski definition) is 0. The SMILES string of the molecule is CCCCCCCCCCCc1cc(C(=O)OC)c(OC)cc1OC. The van der Waals surface area contributed by atoms with Crippen LogP contribution in [0, 0.1) is 0 Å². The molecule has 0 aliphatic rings. The summed E-state index contributed by atoms with van der Waals surface area (Å²) < 4.78 is 15.6. The molecular formula is C21H34O4. The highest BCUT2D eigenvalue weighted by atomic mass is 16.5. The van der Waals surface area contributed by atoms with Gasteiger partial charge in [0.05, 0.1) is 21.3 Å². The van der Waals surface area contributed by atoms with Crippen LogP contribution in [0.25, 0.3) is 0 Å². The van der Waals surface area contributed by atoms with Gasteiger partial charge >= 0.3 is 5.97 Å². The summed E-state index contributed by atoms with van der Waals surface area (Å²) in [7, 11) is 4.57. The second-order valence-electron chi connectivity index (χ2n) is 6.43. The Kier molecular flexibility index (Phi) is 10.8. The van der Waals surface area contributed by atoms with Crippen molar-refractivity contribution in [1.29, 1.82) is 0 Å².